The Balaban J connectivity index is 0.00000121. The van der Waals surface area contributed by atoms with Crippen LogP contribution in [0.2, 0.25) is 0 Å². The predicted molar refractivity (Wildman–Crippen MR) is 48.1 cm³/mol. The Morgan fingerprint density at radius 1 is 1.42 bits per heavy atom. The number of nitrogens with two attached hydrogens (primary N) is 1. The van der Waals surface area contributed by atoms with Gasteiger partial charge in [-0.3, -0.25) is 9.78 Å². The van der Waals surface area contributed by atoms with Crippen LogP contribution < -0.4 is 17.4 Å². The van der Waals surface area contributed by atoms with Crippen molar-refractivity contribution in [2.24, 2.45) is 5.18 Å². The lowest BCUT2D eigenvalue weighted by Gasteiger charge is -1.93. The van der Waals surface area contributed by atoms with Gasteiger partial charge in [-0.25, -0.2) is 0 Å². The first-order chi connectivity index (χ1) is 5.15. The van der Waals surface area contributed by atoms with E-state index in [1.54, 1.807) is 0 Å². The third-order valence-corrected chi connectivity index (χ3v) is 1.24. The van der Waals surface area contributed by atoms with Crippen molar-refractivity contribution in [2.75, 3.05) is 5.73 Å². The first-order valence-corrected chi connectivity index (χ1v) is 3.01. The number of nitroso groups, excluding NO2 is 1. The van der Waals surface area contributed by atoms with E-state index in [1.807, 2.05) is 0 Å². The summed E-state index contributed by atoms with van der Waals surface area (Å²) in [7, 11) is 0. The maximum Gasteiger partial charge on any atom is 0.283 e. The Bertz CT molecular complexity index is 393. The maximum atomic E-state index is 10.8. The number of hydrogen-bond donors (Lipinski definition) is 4. The van der Waals surface area contributed by atoms with Gasteiger partial charge in [-0.15, -0.1) is 4.91 Å². The van der Waals surface area contributed by atoms with Gasteiger partial charge in [-0.2, -0.15) is 0 Å². The molecule has 0 aliphatic rings. The molecule has 0 spiro atoms. The number of hydrogen-bond acceptors (Lipinski definition) is 5. The van der Waals surface area contributed by atoms with Crippen molar-refractivity contribution >= 4 is 23.7 Å². The van der Waals surface area contributed by atoms with Gasteiger partial charge in [0.05, 0.1) is 0 Å². The van der Waals surface area contributed by atoms with E-state index in [0.717, 1.165) is 0 Å². The number of rotatable bonds is 1. The SMILES string of the molecule is Nc1[nH]c(=S)[nH]c(=O)c1N=O.[NH4+]. The molecular weight excluding hydrogens is 182 g/mol. The summed E-state index contributed by atoms with van der Waals surface area (Å²) >= 11 is 4.56. The topological polar surface area (TPSA) is 141 Å². The summed E-state index contributed by atoms with van der Waals surface area (Å²) in [5, 5.41) is 2.41. The number of nitrogens with one attached hydrogen (secondary N) is 2. The van der Waals surface area contributed by atoms with Crippen LogP contribution >= 0.6 is 12.2 Å². The summed E-state index contributed by atoms with van der Waals surface area (Å²) in [5.74, 6) is -0.117. The van der Waals surface area contributed by atoms with Crippen LogP contribution in [0.1, 0.15) is 0 Å². The molecule has 1 aromatic rings. The fourth-order valence-electron chi connectivity index (χ4n) is 0.588. The van der Waals surface area contributed by atoms with E-state index >= 15 is 0 Å². The minimum atomic E-state index is -0.679. The van der Waals surface area contributed by atoms with Crippen LogP contribution in [0.25, 0.3) is 0 Å². The van der Waals surface area contributed by atoms with Crippen LogP contribution in [0, 0.1) is 9.68 Å². The molecule has 0 aliphatic carbocycles. The van der Waals surface area contributed by atoms with Crippen LogP contribution in [-0.2, 0) is 0 Å². The third-order valence-electron chi connectivity index (χ3n) is 1.04. The van der Waals surface area contributed by atoms with E-state index < -0.39 is 5.56 Å². The number of aromatic nitrogens is 2. The van der Waals surface area contributed by atoms with Crippen molar-refractivity contribution < 1.29 is 0 Å². The largest absolute Gasteiger partial charge is 0.383 e. The summed E-state index contributed by atoms with van der Waals surface area (Å²) in [4.78, 5) is 25.3. The highest BCUT2D eigenvalue weighted by Gasteiger charge is 2.03. The standard InChI is InChI=1S/C4H4N4O2S.H3N/c5-2-1(8-10)3(9)7-4(11)6-2;/h(H4,5,6,7,9,11);1H3/p+1. The highest BCUT2D eigenvalue weighted by Crippen LogP contribution is 2.09. The Morgan fingerprint density at radius 2 is 2.00 bits per heavy atom. The molecule has 0 aromatic carbocycles. The zero-order valence-corrected chi connectivity index (χ0v) is 7.07. The Hall–Kier alpha value is -1.54. The predicted octanol–water partition coefficient (Wildman–Crippen LogP) is 0.789. The molecule has 0 atom stereocenters. The summed E-state index contributed by atoms with van der Waals surface area (Å²) in [6, 6.07) is 0. The van der Waals surface area contributed by atoms with Crippen LogP contribution in [0.15, 0.2) is 9.97 Å². The van der Waals surface area contributed by atoms with Gasteiger partial charge in [0, 0.05) is 0 Å². The van der Waals surface area contributed by atoms with Gasteiger partial charge in [0.1, 0.15) is 5.82 Å². The van der Waals surface area contributed by atoms with Gasteiger partial charge in [0.25, 0.3) is 5.56 Å². The molecule has 1 rings (SSSR count). The second kappa shape index (κ2) is 3.74. The highest BCUT2D eigenvalue weighted by molar-refractivity contribution is 7.71. The van der Waals surface area contributed by atoms with Crippen molar-refractivity contribution in [2.45, 2.75) is 0 Å². The first kappa shape index (κ1) is 10.5. The number of aromatic amines is 2. The molecule has 0 saturated heterocycles. The van der Waals surface area contributed by atoms with Gasteiger partial charge >= 0.3 is 0 Å². The molecule has 0 fully saturated rings. The first-order valence-electron chi connectivity index (χ1n) is 2.60. The van der Waals surface area contributed by atoms with Gasteiger partial charge in [0.15, 0.2) is 4.77 Å². The quantitative estimate of drug-likeness (QED) is 0.383. The fraction of sp³-hybridized carbons (Fsp3) is 0. The zero-order chi connectivity index (χ0) is 8.43. The number of anilines is 1. The van der Waals surface area contributed by atoms with Crippen molar-refractivity contribution in [1.82, 2.24) is 16.1 Å². The molecule has 0 saturated carbocycles. The summed E-state index contributed by atoms with van der Waals surface area (Å²) < 4.78 is 0.0694. The molecule has 0 unspecified atom stereocenters. The molecule has 8 heteroatoms. The number of nitrogen functional groups attached to an aromatic ring is 1. The van der Waals surface area contributed by atoms with Gasteiger partial charge < -0.3 is 16.9 Å². The second-order valence-corrected chi connectivity index (χ2v) is 2.17. The smallest absolute Gasteiger partial charge is 0.283 e. The zero-order valence-electron chi connectivity index (χ0n) is 6.25. The van der Waals surface area contributed by atoms with Gasteiger partial charge in [-0.1, -0.05) is 0 Å². The fourth-order valence-corrected chi connectivity index (χ4v) is 0.791. The average Bonchev–Trinajstić information content (AvgIpc) is 1.85. The second-order valence-electron chi connectivity index (χ2n) is 1.76. The molecule has 12 heavy (non-hydrogen) atoms. The van der Waals surface area contributed by atoms with E-state index in [1.165, 1.54) is 0 Å². The monoisotopic (exact) mass is 190 g/mol. The van der Waals surface area contributed by atoms with Gasteiger partial charge in [-0.05, 0) is 17.4 Å². The van der Waals surface area contributed by atoms with Crippen molar-refractivity contribution in [3.8, 4) is 0 Å². The molecule has 8 N–H and O–H groups in total. The molecule has 1 aromatic heterocycles. The Kier molecular flexibility index (Phi) is 3.26. The Labute approximate surface area is 71.6 Å². The van der Waals surface area contributed by atoms with Crippen LogP contribution in [0.5, 0.6) is 0 Å². The third kappa shape index (κ3) is 1.74. The molecule has 7 nitrogen and oxygen atoms in total. The maximum absolute atomic E-state index is 10.8. The van der Waals surface area contributed by atoms with E-state index in [9.17, 15) is 9.70 Å². The number of H-pyrrole nitrogens is 2. The lowest BCUT2D eigenvalue weighted by atomic mass is 10.5. The lowest BCUT2D eigenvalue weighted by molar-refractivity contribution is 1.09. The van der Waals surface area contributed by atoms with E-state index in [2.05, 4.69) is 27.4 Å². The molecule has 0 bridgehead atoms. The van der Waals surface area contributed by atoms with Crippen LogP contribution in [-0.4, -0.2) is 9.97 Å². The lowest BCUT2D eigenvalue weighted by Crippen LogP contribution is -2.09. The summed E-state index contributed by atoms with van der Waals surface area (Å²) in [6.07, 6.45) is 0. The molecule has 1 heterocycles. The number of nitrogens with zero attached hydrogens (tertiary/aromatic N) is 1. The van der Waals surface area contributed by atoms with Crippen molar-refractivity contribution in [3.05, 3.63) is 20.0 Å². The minimum absolute atomic E-state index is 0. The molecule has 0 radical (unpaired) electrons. The van der Waals surface area contributed by atoms with Crippen molar-refractivity contribution in [1.29, 1.82) is 0 Å². The molecule has 0 amide bonds. The highest BCUT2D eigenvalue weighted by atomic mass is 32.1. The van der Waals surface area contributed by atoms with Crippen molar-refractivity contribution in [3.63, 3.8) is 0 Å². The number of quaternary nitrogens is 1. The normalized spacial score (nSPS) is 8.67. The Morgan fingerprint density at radius 3 is 2.42 bits per heavy atom. The van der Waals surface area contributed by atoms with E-state index in [4.69, 9.17) is 5.73 Å². The molecule has 66 valence electrons. The van der Waals surface area contributed by atoms with E-state index in [0.29, 0.717) is 0 Å². The summed E-state index contributed by atoms with van der Waals surface area (Å²) in [6.45, 7) is 0. The summed E-state index contributed by atoms with van der Waals surface area (Å²) in [5.41, 5.74) is 4.14. The molecular formula is C4H8N5O2S+. The minimum Gasteiger partial charge on any atom is -0.383 e. The molecule has 0 aliphatic heterocycles. The van der Waals surface area contributed by atoms with E-state index in [-0.39, 0.29) is 22.4 Å². The average molecular weight is 190 g/mol. The van der Waals surface area contributed by atoms with Crippen LogP contribution in [0.4, 0.5) is 11.5 Å². The van der Waals surface area contributed by atoms with Gasteiger partial charge in [0.2, 0.25) is 5.69 Å². The van der Waals surface area contributed by atoms with Crippen LogP contribution in [0.3, 0.4) is 0 Å².